The lowest BCUT2D eigenvalue weighted by molar-refractivity contribution is 0.350. The Bertz CT molecular complexity index is 339. The largest absolute Gasteiger partial charge is 0.266 e. The van der Waals surface area contributed by atoms with E-state index in [1.54, 1.807) is 0 Å². The number of hydrogen-bond acceptors (Lipinski definition) is 6. The number of rotatable bonds is 6. The molecule has 0 amide bonds. The van der Waals surface area contributed by atoms with E-state index in [0.29, 0.717) is 0 Å². The molecular formula is C6H12O6S2. The summed E-state index contributed by atoms with van der Waals surface area (Å²) in [6.45, 7) is -0.266. The topological polar surface area (TPSA) is 86.7 Å². The molecule has 84 valence electrons. The van der Waals surface area contributed by atoms with Crippen molar-refractivity contribution < 1.29 is 25.2 Å². The molecule has 0 atom stereocenters. The summed E-state index contributed by atoms with van der Waals surface area (Å²) in [6.07, 6.45) is 4.56. The molecule has 0 bridgehead atoms. The van der Waals surface area contributed by atoms with Gasteiger partial charge in [0.05, 0.1) is 25.7 Å². The van der Waals surface area contributed by atoms with Crippen LogP contribution in [0, 0.1) is 0 Å². The highest BCUT2D eigenvalue weighted by Gasteiger charge is 1.99. The second-order valence-corrected chi connectivity index (χ2v) is 5.74. The molecule has 0 saturated carbocycles. The average Bonchev–Trinajstić information content (AvgIpc) is 1.92. The highest BCUT2D eigenvalue weighted by molar-refractivity contribution is 7.86. The molecule has 0 heterocycles. The summed E-state index contributed by atoms with van der Waals surface area (Å²) in [5.41, 5.74) is 0. The van der Waals surface area contributed by atoms with Crippen molar-refractivity contribution in [1.82, 2.24) is 0 Å². The Morgan fingerprint density at radius 1 is 0.857 bits per heavy atom. The molecule has 6 nitrogen and oxygen atoms in total. The van der Waals surface area contributed by atoms with Crippen molar-refractivity contribution in [3.8, 4) is 0 Å². The molecular weight excluding hydrogens is 232 g/mol. The molecule has 0 fully saturated rings. The van der Waals surface area contributed by atoms with Gasteiger partial charge in [-0.05, 0) is 0 Å². The monoisotopic (exact) mass is 244 g/mol. The van der Waals surface area contributed by atoms with Crippen LogP contribution < -0.4 is 0 Å². The molecule has 0 aromatic carbocycles. The minimum atomic E-state index is -3.45. The van der Waals surface area contributed by atoms with Crippen LogP contribution in [0.3, 0.4) is 0 Å². The van der Waals surface area contributed by atoms with Crippen LogP contribution in [0.25, 0.3) is 0 Å². The number of hydrogen-bond donors (Lipinski definition) is 0. The third-order valence-electron chi connectivity index (χ3n) is 0.923. The molecule has 14 heavy (non-hydrogen) atoms. The summed E-state index contributed by atoms with van der Waals surface area (Å²) >= 11 is 0. The van der Waals surface area contributed by atoms with Crippen molar-refractivity contribution in [1.29, 1.82) is 0 Å². The van der Waals surface area contributed by atoms with Gasteiger partial charge in [0.1, 0.15) is 0 Å². The first-order valence-electron chi connectivity index (χ1n) is 3.54. The third kappa shape index (κ3) is 11.6. The lowest BCUT2D eigenvalue weighted by Crippen LogP contribution is -2.04. The van der Waals surface area contributed by atoms with Crippen LogP contribution in [0.5, 0.6) is 0 Å². The predicted octanol–water partition coefficient (Wildman–Crippen LogP) is -0.505. The molecule has 0 aliphatic carbocycles. The summed E-state index contributed by atoms with van der Waals surface area (Å²) in [5, 5.41) is 0. The van der Waals surface area contributed by atoms with Crippen molar-refractivity contribution in [2.45, 2.75) is 0 Å². The van der Waals surface area contributed by atoms with Crippen molar-refractivity contribution in [2.75, 3.05) is 25.7 Å². The summed E-state index contributed by atoms with van der Waals surface area (Å²) in [4.78, 5) is 0. The van der Waals surface area contributed by atoms with Gasteiger partial charge in [-0.15, -0.1) is 0 Å². The van der Waals surface area contributed by atoms with Gasteiger partial charge in [0.15, 0.2) is 0 Å². The van der Waals surface area contributed by atoms with Gasteiger partial charge in [-0.1, -0.05) is 12.2 Å². The van der Waals surface area contributed by atoms with Gasteiger partial charge in [-0.3, -0.25) is 8.37 Å². The molecule has 0 aliphatic heterocycles. The Morgan fingerprint density at radius 2 is 1.14 bits per heavy atom. The van der Waals surface area contributed by atoms with E-state index in [-0.39, 0.29) is 13.2 Å². The molecule has 0 aromatic rings. The van der Waals surface area contributed by atoms with Crippen LogP contribution in [0.4, 0.5) is 0 Å². The minimum Gasteiger partial charge on any atom is -0.266 e. The Labute approximate surface area is 83.8 Å². The van der Waals surface area contributed by atoms with Gasteiger partial charge in [0.25, 0.3) is 20.2 Å². The van der Waals surface area contributed by atoms with Crippen molar-refractivity contribution in [2.24, 2.45) is 0 Å². The average molecular weight is 244 g/mol. The van der Waals surface area contributed by atoms with Crippen LogP contribution in [0.1, 0.15) is 0 Å². The first-order chi connectivity index (χ1) is 6.21. The molecule has 0 aliphatic rings. The molecule has 0 saturated heterocycles. The van der Waals surface area contributed by atoms with Crippen LogP contribution in [0.2, 0.25) is 0 Å². The molecule has 0 rings (SSSR count). The van der Waals surface area contributed by atoms with Crippen LogP contribution >= 0.6 is 0 Å². The van der Waals surface area contributed by atoms with E-state index >= 15 is 0 Å². The lowest BCUT2D eigenvalue weighted by atomic mass is 10.5. The Balaban J connectivity index is 3.67. The summed E-state index contributed by atoms with van der Waals surface area (Å²) in [5.74, 6) is 0. The van der Waals surface area contributed by atoms with E-state index in [2.05, 4.69) is 8.37 Å². The van der Waals surface area contributed by atoms with E-state index in [9.17, 15) is 16.8 Å². The smallest absolute Gasteiger partial charge is 0.264 e. The van der Waals surface area contributed by atoms with Crippen LogP contribution in [0.15, 0.2) is 12.2 Å². The van der Waals surface area contributed by atoms with Gasteiger partial charge >= 0.3 is 0 Å². The van der Waals surface area contributed by atoms with E-state index in [4.69, 9.17) is 0 Å². The van der Waals surface area contributed by atoms with Crippen LogP contribution in [-0.2, 0) is 28.6 Å². The Morgan fingerprint density at radius 3 is 1.36 bits per heavy atom. The summed E-state index contributed by atoms with van der Waals surface area (Å²) in [7, 11) is -6.90. The maximum atomic E-state index is 10.4. The van der Waals surface area contributed by atoms with E-state index in [0.717, 1.165) is 12.5 Å². The predicted molar refractivity (Wildman–Crippen MR) is 50.7 cm³/mol. The fraction of sp³-hybridized carbons (Fsp3) is 0.667. The molecule has 0 unspecified atom stereocenters. The van der Waals surface area contributed by atoms with Crippen LogP contribution in [-0.4, -0.2) is 42.6 Å². The highest BCUT2D eigenvalue weighted by atomic mass is 32.2. The van der Waals surface area contributed by atoms with Gasteiger partial charge < -0.3 is 0 Å². The first kappa shape index (κ1) is 13.6. The minimum absolute atomic E-state index is 0.133. The van der Waals surface area contributed by atoms with Crippen molar-refractivity contribution in [3.63, 3.8) is 0 Å². The maximum Gasteiger partial charge on any atom is 0.264 e. The van der Waals surface area contributed by atoms with Crippen molar-refractivity contribution in [3.05, 3.63) is 12.2 Å². The Hall–Kier alpha value is -0.440. The van der Waals surface area contributed by atoms with Gasteiger partial charge in [0.2, 0.25) is 0 Å². The van der Waals surface area contributed by atoms with Gasteiger partial charge in [-0.2, -0.15) is 16.8 Å². The standard InChI is InChI=1S/C6H12O6S2/c1-13(7,8)11-5-3-4-6-12-14(2,9)10/h3-4H,5-6H2,1-2H3/b4-3-. The fourth-order valence-corrected chi connectivity index (χ4v) is 1.11. The Kier molecular flexibility index (Phi) is 5.27. The summed E-state index contributed by atoms with van der Waals surface area (Å²) < 4.78 is 50.4. The maximum absolute atomic E-state index is 10.4. The zero-order chi connectivity index (χ0) is 11.2. The van der Waals surface area contributed by atoms with E-state index in [1.165, 1.54) is 12.2 Å². The molecule has 0 aromatic heterocycles. The molecule has 8 heteroatoms. The third-order valence-corrected chi connectivity index (χ3v) is 2.05. The first-order valence-corrected chi connectivity index (χ1v) is 7.18. The zero-order valence-corrected chi connectivity index (χ0v) is 9.47. The van der Waals surface area contributed by atoms with Gasteiger partial charge in [-0.25, -0.2) is 0 Å². The normalized spacial score (nSPS) is 13.6. The zero-order valence-electron chi connectivity index (χ0n) is 7.83. The second kappa shape index (κ2) is 5.44. The summed E-state index contributed by atoms with van der Waals surface area (Å²) in [6, 6.07) is 0. The van der Waals surface area contributed by atoms with Gasteiger partial charge in [0, 0.05) is 0 Å². The van der Waals surface area contributed by atoms with Crippen molar-refractivity contribution >= 4 is 20.2 Å². The molecule has 0 N–H and O–H groups in total. The fourth-order valence-electron chi connectivity index (χ4n) is 0.462. The molecule has 0 radical (unpaired) electrons. The van der Waals surface area contributed by atoms with E-state index < -0.39 is 20.2 Å². The van der Waals surface area contributed by atoms with E-state index in [1.807, 2.05) is 0 Å². The second-order valence-electron chi connectivity index (χ2n) is 2.45. The quantitative estimate of drug-likeness (QED) is 0.462. The SMILES string of the molecule is CS(=O)(=O)OC/C=C\COS(C)(=O)=O. The lowest BCUT2D eigenvalue weighted by Gasteiger charge is -1.96. The highest BCUT2D eigenvalue weighted by Crippen LogP contribution is 1.89. The molecule has 0 spiro atoms.